The van der Waals surface area contributed by atoms with Crippen LogP contribution in [0, 0.1) is 0 Å². The van der Waals surface area contributed by atoms with Crippen molar-refractivity contribution >= 4 is 40.3 Å². The van der Waals surface area contributed by atoms with Crippen molar-refractivity contribution in [2.75, 3.05) is 18.5 Å². The number of rotatable bonds is 8. The molecule has 6 atom stereocenters. The summed E-state index contributed by atoms with van der Waals surface area (Å²) in [5.74, 6) is 0.601. The number of nitrogens with zero attached hydrogens (tertiary/aromatic N) is 3. The molecule has 0 saturated carbocycles. The second-order valence-electron chi connectivity index (χ2n) is 8.10. The quantitative estimate of drug-likeness (QED) is 0.212. The number of aromatic nitrogens is 3. The molecule has 35 heavy (non-hydrogen) atoms. The fraction of sp³-hybridized carbons (Fsp3) is 0.600. The Kier molecular flexibility index (Phi) is 7.05. The Morgan fingerprint density at radius 3 is 2.60 bits per heavy atom. The lowest BCUT2D eigenvalue weighted by atomic mass is 9.96. The van der Waals surface area contributed by atoms with Gasteiger partial charge in [-0.05, 0) is 25.3 Å². The van der Waals surface area contributed by atoms with Crippen molar-refractivity contribution in [3.63, 3.8) is 0 Å². The maximum Gasteiger partial charge on any atom is 0.490 e. The molecule has 1 fully saturated rings. The van der Waals surface area contributed by atoms with E-state index in [1.807, 2.05) is 0 Å². The van der Waals surface area contributed by atoms with Crippen LogP contribution in [-0.2, 0) is 38.0 Å². The van der Waals surface area contributed by atoms with Crippen molar-refractivity contribution in [3.8, 4) is 0 Å². The van der Waals surface area contributed by atoms with Gasteiger partial charge in [-0.2, -0.15) is 8.62 Å². The van der Waals surface area contributed by atoms with E-state index in [-0.39, 0.29) is 0 Å². The van der Waals surface area contributed by atoms with E-state index in [9.17, 15) is 33.7 Å². The number of aliphatic hydroxyl groups is 2. The van der Waals surface area contributed by atoms with Crippen molar-refractivity contribution in [2.24, 2.45) is 0 Å². The van der Waals surface area contributed by atoms with Gasteiger partial charge in [0.15, 0.2) is 6.23 Å². The largest absolute Gasteiger partial charge is 0.490 e. The number of phosphoric acid groups is 3. The van der Waals surface area contributed by atoms with E-state index in [1.54, 1.807) is 6.20 Å². The molecule has 2 aromatic heterocycles. The summed E-state index contributed by atoms with van der Waals surface area (Å²) >= 11 is 0. The Morgan fingerprint density at radius 1 is 1.20 bits per heavy atom. The minimum atomic E-state index is -5.71. The second kappa shape index (κ2) is 9.23. The average molecular weight is 560 g/mol. The van der Waals surface area contributed by atoms with Gasteiger partial charge in [-0.15, -0.1) is 0 Å². The number of aliphatic hydroxyl groups excluding tert-OH is 1. The van der Waals surface area contributed by atoms with Gasteiger partial charge >= 0.3 is 23.5 Å². The van der Waals surface area contributed by atoms with E-state index in [0.29, 0.717) is 24.4 Å². The van der Waals surface area contributed by atoms with Gasteiger partial charge in [-0.3, -0.25) is 4.52 Å². The normalized spacial score (nSPS) is 30.4. The summed E-state index contributed by atoms with van der Waals surface area (Å²) in [4.78, 5) is 44.6. The molecule has 4 heterocycles. The van der Waals surface area contributed by atoms with Crippen molar-refractivity contribution in [1.82, 2.24) is 14.5 Å². The van der Waals surface area contributed by atoms with Crippen LogP contribution >= 0.6 is 23.5 Å². The molecule has 20 heteroatoms. The SMILES string of the molecule is C[C@@]1(O)[C@H](O)[C@@H](COP(=O)(O)OP(=O)(O)OP(=O)(O)O)O[C@H]1n1cc2c3c(ncnc31)NCCC2. The van der Waals surface area contributed by atoms with Crippen LogP contribution in [0.5, 0.6) is 0 Å². The highest BCUT2D eigenvalue weighted by atomic mass is 31.3. The van der Waals surface area contributed by atoms with Gasteiger partial charge in [0.1, 0.15) is 35.6 Å². The van der Waals surface area contributed by atoms with Gasteiger partial charge in [0.05, 0.1) is 12.0 Å². The Morgan fingerprint density at radius 2 is 1.91 bits per heavy atom. The summed E-state index contributed by atoms with van der Waals surface area (Å²) in [5.41, 5.74) is -0.660. The van der Waals surface area contributed by atoms with Crippen LogP contribution in [0.2, 0.25) is 0 Å². The zero-order valence-electron chi connectivity index (χ0n) is 17.9. The first-order valence-corrected chi connectivity index (χ1v) is 14.5. The van der Waals surface area contributed by atoms with Gasteiger partial charge in [-0.25, -0.2) is 23.7 Å². The number of nitrogens with one attached hydrogen (secondary N) is 1. The summed E-state index contributed by atoms with van der Waals surface area (Å²) in [6, 6.07) is 0. The molecule has 2 aliphatic heterocycles. The smallest absolute Gasteiger partial charge is 0.387 e. The molecule has 4 rings (SSSR count). The predicted molar refractivity (Wildman–Crippen MR) is 115 cm³/mol. The van der Waals surface area contributed by atoms with Crippen LogP contribution in [0.4, 0.5) is 5.82 Å². The lowest BCUT2D eigenvalue weighted by molar-refractivity contribution is -0.0947. The fourth-order valence-corrected chi connectivity index (χ4v) is 7.03. The lowest BCUT2D eigenvalue weighted by Gasteiger charge is -2.27. The van der Waals surface area contributed by atoms with Crippen LogP contribution in [0.25, 0.3) is 11.0 Å². The molecule has 2 unspecified atom stereocenters. The maximum absolute atomic E-state index is 12.0. The van der Waals surface area contributed by atoms with E-state index in [1.165, 1.54) is 17.8 Å². The monoisotopic (exact) mass is 560 g/mol. The molecular weight excluding hydrogens is 537 g/mol. The van der Waals surface area contributed by atoms with Crippen molar-refractivity contribution in [3.05, 3.63) is 18.1 Å². The highest BCUT2D eigenvalue weighted by molar-refractivity contribution is 7.66. The van der Waals surface area contributed by atoms with Crippen molar-refractivity contribution in [1.29, 1.82) is 0 Å². The summed E-state index contributed by atoms with van der Waals surface area (Å²) in [7, 11) is -16.7. The van der Waals surface area contributed by atoms with Gasteiger partial charge in [-0.1, -0.05) is 0 Å². The van der Waals surface area contributed by atoms with E-state index >= 15 is 0 Å². The number of aryl methyl sites for hydroxylation is 1. The number of phosphoric ester groups is 1. The molecule has 17 nitrogen and oxygen atoms in total. The lowest BCUT2D eigenvalue weighted by Crippen LogP contribution is -2.44. The van der Waals surface area contributed by atoms with Crippen LogP contribution in [0.3, 0.4) is 0 Å². The minimum absolute atomic E-state index is 0.408. The molecule has 0 aliphatic carbocycles. The molecule has 2 aromatic rings. The Balaban J connectivity index is 1.53. The third-order valence-corrected chi connectivity index (χ3v) is 9.23. The third-order valence-electron chi connectivity index (χ3n) is 5.43. The zero-order valence-corrected chi connectivity index (χ0v) is 20.6. The highest BCUT2D eigenvalue weighted by Gasteiger charge is 2.54. The fourth-order valence-electron chi connectivity index (χ4n) is 4.00. The summed E-state index contributed by atoms with van der Waals surface area (Å²) in [6.07, 6.45) is 0.175. The number of hydrogen-bond acceptors (Lipinski definition) is 12. The maximum atomic E-state index is 12.0. The van der Waals surface area contributed by atoms with Gasteiger partial charge < -0.3 is 44.4 Å². The van der Waals surface area contributed by atoms with E-state index in [4.69, 9.17) is 14.5 Å². The van der Waals surface area contributed by atoms with Crippen LogP contribution in [0.15, 0.2) is 12.5 Å². The Labute approximate surface area is 197 Å². The summed E-state index contributed by atoms with van der Waals surface area (Å²) in [6.45, 7) is 1.05. The molecular formula is C15H23N4O13P3. The van der Waals surface area contributed by atoms with Crippen molar-refractivity contribution in [2.45, 2.75) is 43.8 Å². The first-order chi connectivity index (χ1) is 16.1. The first-order valence-electron chi connectivity index (χ1n) is 10.0. The molecule has 0 radical (unpaired) electrons. The molecule has 0 spiro atoms. The standard InChI is InChI=1S/C15H23N4O13P3/c1-15(21)11(20)9(6-29-34(25,26)32-35(27,28)31-33(22,23)24)30-14(15)19-5-8-3-2-4-16-12-10(8)13(19)18-7-17-12/h5,7,9,11,14,20-21H,2-4,6H2,1H3,(H,25,26)(H,27,28)(H,16,17,18)(H2,22,23,24)/t9-,11-,14-,15-/m1/s1. The topological polar surface area (TPSA) is 252 Å². The second-order valence-corrected chi connectivity index (χ2v) is 12.5. The van der Waals surface area contributed by atoms with Gasteiger partial charge in [0, 0.05) is 12.7 Å². The van der Waals surface area contributed by atoms with Crippen LogP contribution in [-0.4, -0.2) is 75.3 Å². The summed E-state index contributed by atoms with van der Waals surface area (Å²) < 4.78 is 53.3. The summed E-state index contributed by atoms with van der Waals surface area (Å²) in [5, 5.41) is 25.5. The molecule has 7 N–H and O–H groups in total. The van der Waals surface area contributed by atoms with E-state index in [0.717, 1.165) is 17.4 Å². The molecule has 2 aliphatic rings. The Bertz CT molecular complexity index is 1260. The van der Waals surface area contributed by atoms with Crippen LogP contribution in [0.1, 0.15) is 25.1 Å². The van der Waals surface area contributed by atoms with Gasteiger partial charge in [0.2, 0.25) is 0 Å². The van der Waals surface area contributed by atoms with Gasteiger partial charge in [0.25, 0.3) is 0 Å². The molecule has 0 amide bonds. The van der Waals surface area contributed by atoms with Crippen LogP contribution < -0.4 is 5.32 Å². The Hall–Kier alpha value is -1.29. The predicted octanol–water partition coefficient (Wildman–Crippen LogP) is 0.142. The first kappa shape index (κ1) is 26.8. The molecule has 1 saturated heterocycles. The van der Waals surface area contributed by atoms with E-state index in [2.05, 4.69) is 28.4 Å². The number of hydrogen-bond donors (Lipinski definition) is 7. The molecule has 0 bridgehead atoms. The molecule has 196 valence electrons. The minimum Gasteiger partial charge on any atom is -0.387 e. The third kappa shape index (κ3) is 5.68. The number of ether oxygens (including phenoxy) is 1. The zero-order chi connectivity index (χ0) is 25.8. The highest BCUT2D eigenvalue weighted by Crippen LogP contribution is 2.66. The van der Waals surface area contributed by atoms with Crippen molar-refractivity contribution < 1.29 is 61.4 Å². The number of anilines is 1. The van der Waals surface area contributed by atoms with E-state index < -0.39 is 54.1 Å². The molecule has 0 aromatic carbocycles. The average Bonchev–Trinajstić information content (AvgIpc) is 3.06.